The van der Waals surface area contributed by atoms with Crippen LogP contribution in [0.25, 0.3) is 22.5 Å². The molecule has 3 fully saturated rings. The highest BCUT2D eigenvalue weighted by Crippen LogP contribution is 2.39. The number of nitrogens with one attached hydrogen (secondary N) is 2. The lowest BCUT2D eigenvalue weighted by atomic mass is 9.85. The number of nitrogens with zero attached hydrogens (tertiary/aromatic N) is 6. The molecule has 69 heavy (non-hydrogen) atoms. The van der Waals surface area contributed by atoms with Gasteiger partial charge in [-0.1, -0.05) is 93.0 Å². The summed E-state index contributed by atoms with van der Waals surface area (Å²) in [5.74, 6) is 0.362. The molecule has 0 saturated carbocycles. The highest BCUT2D eigenvalue weighted by molar-refractivity contribution is 7.81. The smallest absolute Gasteiger partial charge is 0.259 e. The first-order valence-corrected chi connectivity index (χ1v) is 24.5. The van der Waals surface area contributed by atoms with Crippen molar-refractivity contribution in [2.24, 2.45) is 5.41 Å². The molecule has 0 aliphatic carbocycles. The number of likely N-dealkylation sites (tertiary alicyclic amines) is 2. The molecule has 1 aromatic heterocycles. The number of hydrogen-bond acceptors (Lipinski definition) is 9. The number of piperidine rings is 1. The number of thiocarbonyl (C=S) groups is 1. The van der Waals surface area contributed by atoms with Crippen LogP contribution in [0.1, 0.15) is 95.8 Å². The van der Waals surface area contributed by atoms with Gasteiger partial charge in [-0.05, 0) is 142 Å². The molecule has 0 spiro atoms. The predicted octanol–water partition coefficient (Wildman–Crippen LogP) is 9.25. The summed E-state index contributed by atoms with van der Waals surface area (Å²) in [4.78, 5) is 65.9. The van der Waals surface area contributed by atoms with E-state index < -0.39 is 23.0 Å². The van der Waals surface area contributed by atoms with Crippen molar-refractivity contribution in [1.29, 1.82) is 5.26 Å². The maximum absolute atomic E-state index is 14.1. The summed E-state index contributed by atoms with van der Waals surface area (Å²) in [5.41, 5.74) is 5.42. The summed E-state index contributed by atoms with van der Waals surface area (Å²) in [6.45, 7) is 13.0. The summed E-state index contributed by atoms with van der Waals surface area (Å²) in [7, 11) is 0. The average Bonchev–Trinajstić information content (AvgIpc) is 4.10. The van der Waals surface area contributed by atoms with Gasteiger partial charge in [0, 0.05) is 30.8 Å². The zero-order valence-corrected chi connectivity index (χ0v) is 41.4. The Morgan fingerprint density at radius 3 is 2.19 bits per heavy atom. The molecule has 4 amide bonds. The summed E-state index contributed by atoms with van der Waals surface area (Å²) >= 11 is 12.2. The molecule has 358 valence electrons. The first-order valence-electron chi connectivity index (χ1n) is 23.7. The fourth-order valence-corrected chi connectivity index (χ4v) is 10.4. The van der Waals surface area contributed by atoms with E-state index in [2.05, 4.69) is 50.9 Å². The summed E-state index contributed by atoms with van der Waals surface area (Å²) in [6, 6.07) is 30.1. The molecule has 5 aromatic rings. The Morgan fingerprint density at radius 2 is 1.57 bits per heavy atom. The van der Waals surface area contributed by atoms with E-state index in [9.17, 15) is 24.4 Å². The van der Waals surface area contributed by atoms with E-state index in [0.717, 1.165) is 66.8 Å². The predicted molar refractivity (Wildman–Crippen MR) is 272 cm³/mol. The van der Waals surface area contributed by atoms with Crippen LogP contribution in [0.5, 0.6) is 0 Å². The normalized spacial score (nSPS) is 18.0. The molecule has 4 heterocycles. The molecule has 1 unspecified atom stereocenters. The second kappa shape index (κ2) is 20.7. The Hall–Kier alpha value is -6.40. The van der Waals surface area contributed by atoms with E-state index in [1.807, 2.05) is 88.0 Å². The molecule has 0 bridgehead atoms. The van der Waals surface area contributed by atoms with E-state index in [-0.39, 0.29) is 28.7 Å². The van der Waals surface area contributed by atoms with Crippen molar-refractivity contribution in [3.8, 4) is 28.5 Å². The van der Waals surface area contributed by atoms with E-state index in [1.165, 1.54) is 16.9 Å². The minimum absolute atomic E-state index is 0.155. The zero-order valence-electron chi connectivity index (χ0n) is 39.8. The highest BCUT2D eigenvalue weighted by Gasteiger charge is 2.50. The standard InChI is InChI=1S/C54H59ClN8O5S/c1-53(2,3)48(50(66)61-27-6-8-45(61)49(65)58-32-35-10-12-40(13-11-35)46-33-57-34-68-46)59-47(64)9-7-26-60-28-24-39(25-29-60)37-16-14-36(15-17-37)38-18-21-42(22-19-38)63-52(69)62(51(67)54(63,4)5)43-23-20-41(31-56)44(55)30-43/h10-23,30,33-34,39,45,48H,6-9,24-29,32H2,1-5H3,(H,58,65)(H,59,64)/t45-,48?/m0/s1. The lowest BCUT2D eigenvalue weighted by Crippen LogP contribution is -2.57. The van der Waals surface area contributed by atoms with Crippen LogP contribution in [0.15, 0.2) is 108 Å². The minimum Gasteiger partial charge on any atom is -0.444 e. The van der Waals surface area contributed by atoms with Gasteiger partial charge in [-0.3, -0.25) is 24.1 Å². The van der Waals surface area contributed by atoms with Gasteiger partial charge < -0.3 is 29.8 Å². The largest absolute Gasteiger partial charge is 0.444 e. The van der Waals surface area contributed by atoms with Crippen LogP contribution in [-0.2, 0) is 25.7 Å². The number of halogens is 1. The molecule has 0 radical (unpaired) electrons. The number of anilines is 2. The number of amides is 4. The molecule has 4 aromatic carbocycles. The average molecular weight is 968 g/mol. The topological polar surface area (TPSA) is 155 Å². The fraction of sp³-hybridized carbons (Fsp3) is 0.389. The number of rotatable bonds is 14. The number of hydrogen-bond donors (Lipinski definition) is 2. The fourth-order valence-electron chi connectivity index (χ4n) is 9.70. The van der Waals surface area contributed by atoms with Crippen LogP contribution in [-0.4, -0.2) is 87.3 Å². The zero-order chi connectivity index (χ0) is 49.0. The number of carbonyl (C=O) groups excluding carboxylic acids is 4. The van der Waals surface area contributed by atoms with Gasteiger partial charge in [0.1, 0.15) is 23.7 Å². The third kappa shape index (κ3) is 10.8. The van der Waals surface area contributed by atoms with E-state index in [4.69, 9.17) is 28.2 Å². The highest BCUT2D eigenvalue weighted by atomic mass is 35.5. The van der Waals surface area contributed by atoms with Crippen molar-refractivity contribution >= 4 is 63.9 Å². The quantitative estimate of drug-likeness (QED) is 0.103. The van der Waals surface area contributed by atoms with Gasteiger partial charge in [-0.2, -0.15) is 5.26 Å². The number of oxazole rings is 1. The van der Waals surface area contributed by atoms with Crippen molar-refractivity contribution in [3.63, 3.8) is 0 Å². The molecule has 15 heteroatoms. The van der Waals surface area contributed by atoms with Gasteiger partial charge in [0.2, 0.25) is 17.7 Å². The maximum atomic E-state index is 14.1. The number of carbonyl (C=O) groups is 4. The first kappa shape index (κ1) is 49.0. The number of aromatic nitrogens is 1. The van der Waals surface area contributed by atoms with Crippen LogP contribution >= 0.6 is 23.8 Å². The van der Waals surface area contributed by atoms with Gasteiger partial charge in [-0.25, -0.2) is 4.98 Å². The van der Waals surface area contributed by atoms with Crippen molar-refractivity contribution in [2.45, 2.75) is 103 Å². The van der Waals surface area contributed by atoms with E-state index >= 15 is 0 Å². The third-order valence-electron chi connectivity index (χ3n) is 13.7. The Balaban J connectivity index is 0.784. The Morgan fingerprint density at radius 1 is 0.913 bits per heavy atom. The van der Waals surface area contributed by atoms with Gasteiger partial charge in [0.05, 0.1) is 22.5 Å². The minimum atomic E-state index is -0.944. The monoisotopic (exact) mass is 966 g/mol. The van der Waals surface area contributed by atoms with Crippen molar-refractivity contribution < 1.29 is 23.6 Å². The van der Waals surface area contributed by atoms with Crippen molar-refractivity contribution in [1.82, 2.24) is 25.4 Å². The lowest BCUT2D eigenvalue weighted by molar-refractivity contribution is -0.144. The molecule has 3 aliphatic rings. The van der Waals surface area contributed by atoms with E-state index in [0.29, 0.717) is 60.4 Å². The molecular formula is C54H59ClN8O5S. The van der Waals surface area contributed by atoms with Crippen LogP contribution < -0.4 is 20.4 Å². The van der Waals surface area contributed by atoms with Crippen molar-refractivity contribution in [3.05, 3.63) is 125 Å². The van der Waals surface area contributed by atoms with Crippen LogP contribution in [0.4, 0.5) is 11.4 Å². The van der Waals surface area contributed by atoms with Gasteiger partial charge in [0.25, 0.3) is 5.91 Å². The molecule has 8 rings (SSSR count). The van der Waals surface area contributed by atoms with Gasteiger partial charge in [0.15, 0.2) is 17.3 Å². The lowest BCUT2D eigenvalue weighted by Gasteiger charge is -2.35. The second-order valence-electron chi connectivity index (χ2n) is 19.8. The Labute approximate surface area is 414 Å². The molecule has 2 N–H and O–H groups in total. The first-order chi connectivity index (χ1) is 33.0. The van der Waals surface area contributed by atoms with Crippen LogP contribution in [0.2, 0.25) is 5.02 Å². The van der Waals surface area contributed by atoms with Gasteiger partial charge >= 0.3 is 0 Å². The number of nitriles is 1. The van der Waals surface area contributed by atoms with Crippen molar-refractivity contribution in [2.75, 3.05) is 36.0 Å². The molecule has 3 aliphatic heterocycles. The second-order valence-corrected chi connectivity index (χ2v) is 20.6. The molecule has 3 saturated heterocycles. The molecule has 2 atom stereocenters. The summed E-state index contributed by atoms with van der Waals surface area (Å²) in [5, 5.41) is 16.0. The summed E-state index contributed by atoms with van der Waals surface area (Å²) < 4.78 is 5.37. The van der Waals surface area contributed by atoms with Gasteiger partial charge in [-0.15, -0.1) is 0 Å². The van der Waals surface area contributed by atoms with Crippen LogP contribution in [0.3, 0.4) is 0 Å². The molecular weight excluding hydrogens is 908 g/mol. The molecule has 13 nitrogen and oxygen atoms in total. The van der Waals surface area contributed by atoms with Crippen LogP contribution in [0, 0.1) is 16.7 Å². The number of benzene rings is 4. The summed E-state index contributed by atoms with van der Waals surface area (Å²) in [6.07, 6.45) is 7.38. The van der Waals surface area contributed by atoms with E-state index in [1.54, 1.807) is 29.3 Å². The Kier molecular flexibility index (Phi) is 14.7. The third-order valence-corrected chi connectivity index (χ3v) is 14.4. The maximum Gasteiger partial charge on any atom is 0.259 e. The Bertz CT molecular complexity index is 2720. The SMILES string of the molecule is CC(C)(C)C(NC(=O)CCCN1CCC(c2ccc(-c3ccc(N4C(=S)N(c5ccc(C#N)c(Cl)c5)C(=O)C4(C)C)cc3)cc2)CC1)C(=O)N1CCC[C@H]1C(=O)NCc1ccc(-c2cnco2)cc1.